The molecule has 0 radical (unpaired) electrons. The quantitative estimate of drug-likeness (QED) is 0.599. The van der Waals surface area contributed by atoms with Gasteiger partial charge in [0.15, 0.2) is 0 Å². The Kier molecular flexibility index (Phi) is 4.71. The summed E-state index contributed by atoms with van der Waals surface area (Å²) in [6.07, 6.45) is 3.47. The smallest absolute Gasteiger partial charge is 0.323 e. The van der Waals surface area contributed by atoms with E-state index in [9.17, 15) is 4.79 Å². The highest BCUT2D eigenvalue weighted by Crippen LogP contribution is 2.36. The predicted octanol–water partition coefficient (Wildman–Crippen LogP) is 5.41. The number of halogens is 1. The Hall–Kier alpha value is -2.67. The summed E-state index contributed by atoms with van der Waals surface area (Å²) in [7, 11) is 0. The molecule has 3 aromatic rings. The van der Waals surface area contributed by atoms with Gasteiger partial charge >= 0.3 is 6.03 Å². The summed E-state index contributed by atoms with van der Waals surface area (Å²) < 4.78 is 6.25. The SMILES string of the molecule is O=C(Nc1ccc(-c2noc(C3CCC3)n2)cc1)Nc1cccc(Br)c1. The average molecular weight is 413 g/mol. The maximum absolute atomic E-state index is 12.1. The van der Waals surface area contributed by atoms with Crippen LogP contribution in [0.3, 0.4) is 0 Å². The Bertz CT molecular complexity index is 919. The normalized spacial score (nSPS) is 13.9. The van der Waals surface area contributed by atoms with E-state index < -0.39 is 0 Å². The molecule has 0 bridgehead atoms. The molecule has 1 aromatic heterocycles. The fourth-order valence-corrected chi connectivity index (χ4v) is 3.14. The van der Waals surface area contributed by atoms with Gasteiger partial charge in [0.05, 0.1) is 0 Å². The average Bonchev–Trinajstić information content (AvgIpc) is 3.03. The molecule has 4 rings (SSSR count). The van der Waals surface area contributed by atoms with Crippen LogP contribution in [0.15, 0.2) is 57.5 Å². The molecule has 2 N–H and O–H groups in total. The molecule has 1 aliphatic carbocycles. The van der Waals surface area contributed by atoms with E-state index in [4.69, 9.17) is 4.52 Å². The third kappa shape index (κ3) is 3.77. The molecule has 0 spiro atoms. The molecule has 0 aliphatic heterocycles. The second-order valence-corrected chi connectivity index (χ2v) is 7.17. The zero-order valence-electron chi connectivity index (χ0n) is 13.9. The molecule has 0 atom stereocenters. The van der Waals surface area contributed by atoms with Gasteiger partial charge in [-0.1, -0.05) is 33.6 Å². The van der Waals surface area contributed by atoms with Gasteiger partial charge in [-0.05, 0) is 55.3 Å². The molecule has 132 valence electrons. The Labute approximate surface area is 159 Å². The standard InChI is InChI=1S/C19H17BrN4O2/c20-14-5-2-6-16(11-14)22-19(25)21-15-9-7-12(8-10-15)17-23-18(26-24-17)13-3-1-4-13/h2,5-11,13H,1,3-4H2,(H2,21,22,25). The number of rotatable bonds is 4. The van der Waals surface area contributed by atoms with Crippen LogP contribution in [0.1, 0.15) is 31.1 Å². The van der Waals surface area contributed by atoms with Crippen molar-refractivity contribution in [1.29, 1.82) is 0 Å². The first kappa shape index (κ1) is 16.8. The largest absolute Gasteiger partial charge is 0.339 e. The van der Waals surface area contributed by atoms with Gasteiger partial charge in [-0.25, -0.2) is 4.79 Å². The van der Waals surface area contributed by atoms with E-state index in [0.717, 1.165) is 28.8 Å². The lowest BCUT2D eigenvalue weighted by atomic mass is 9.85. The van der Waals surface area contributed by atoms with Crippen molar-refractivity contribution in [2.24, 2.45) is 0 Å². The molecule has 1 aliphatic rings. The van der Waals surface area contributed by atoms with E-state index in [-0.39, 0.29) is 6.03 Å². The third-order valence-corrected chi connectivity index (χ3v) is 4.87. The Balaban J connectivity index is 1.39. The second-order valence-electron chi connectivity index (χ2n) is 6.25. The van der Waals surface area contributed by atoms with Gasteiger partial charge in [-0.15, -0.1) is 0 Å². The van der Waals surface area contributed by atoms with Crippen molar-refractivity contribution in [3.8, 4) is 11.4 Å². The number of hydrogen-bond donors (Lipinski definition) is 2. The lowest BCUT2D eigenvalue weighted by molar-refractivity contribution is 0.262. The Morgan fingerprint density at radius 3 is 2.54 bits per heavy atom. The summed E-state index contributed by atoms with van der Waals surface area (Å²) in [6, 6.07) is 14.5. The predicted molar refractivity (Wildman–Crippen MR) is 103 cm³/mol. The summed E-state index contributed by atoms with van der Waals surface area (Å²) in [5.74, 6) is 1.72. The van der Waals surface area contributed by atoms with Gasteiger partial charge in [0, 0.05) is 27.3 Å². The first-order valence-corrected chi connectivity index (χ1v) is 9.24. The van der Waals surface area contributed by atoms with Crippen molar-refractivity contribution in [3.05, 3.63) is 58.9 Å². The lowest BCUT2D eigenvalue weighted by Gasteiger charge is -2.20. The lowest BCUT2D eigenvalue weighted by Crippen LogP contribution is -2.19. The van der Waals surface area contributed by atoms with E-state index in [1.54, 1.807) is 0 Å². The van der Waals surface area contributed by atoms with Gasteiger partial charge in [0.25, 0.3) is 0 Å². The zero-order valence-corrected chi connectivity index (χ0v) is 15.5. The zero-order chi connectivity index (χ0) is 17.9. The number of aromatic nitrogens is 2. The number of carbonyl (C=O) groups is 1. The number of urea groups is 1. The van der Waals surface area contributed by atoms with Crippen molar-refractivity contribution in [1.82, 2.24) is 10.1 Å². The van der Waals surface area contributed by atoms with Crippen LogP contribution in [0.25, 0.3) is 11.4 Å². The monoisotopic (exact) mass is 412 g/mol. The van der Waals surface area contributed by atoms with Crippen LogP contribution in [0.5, 0.6) is 0 Å². The number of nitrogens with one attached hydrogen (secondary N) is 2. The van der Waals surface area contributed by atoms with Crippen LogP contribution < -0.4 is 10.6 Å². The fraction of sp³-hybridized carbons (Fsp3) is 0.211. The van der Waals surface area contributed by atoms with E-state index in [1.165, 1.54) is 6.42 Å². The van der Waals surface area contributed by atoms with Crippen molar-refractivity contribution in [2.75, 3.05) is 10.6 Å². The van der Waals surface area contributed by atoms with Gasteiger partial charge < -0.3 is 15.2 Å². The number of benzene rings is 2. The topological polar surface area (TPSA) is 80.1 Å². The summed E-state index contributed by atoms with van der Waals surface area (Å²) in [6.45, 7) is 0. The van der Waals surface area contributed by atoms with Gasteiger partial charge in [-0.2, -0.15) is 4.98 Å². The maximum Gasteiger partial charge on any atom is 0.323 e. The van der Waals surface area contributed by atoms with Crippen molar-refractivity contribution >= 4 is 33.3 Å². The second kappa shape index (κ2) is 7.29. The van der Waals surface area contributed by atoms with E-state index in [2.05, 4.69) is 36.7 Å². The fourth-order valence-electron chi connectivity index (χ4n) is 2.74. The molecule has 0 unspecified atom stereocenters. The Morgan fingerprint density at radius 1 is 1.08 bits per heavy atom. The van der Waals surface area contributed by atoms with E-state index >= 15 is 0 Å². The number of nitrogens with zero attached hydrogens (tertiary/aromatic N) is 2. The summed E-state index contributed by atoms with van der Waals surface area (Å²) >= 11 is 3.38. The number of amides is 2. The molecular weight excluding hydrogens is 396 g/mol. The summed E-state index contributed by atoms with van der Waals surface area (Å²) in [5, 5.41) is 9.64. The molecule has 1 heterocycles. The van der Waals surface area contributed by atoms with Crippen LogP contribution in [0.4, 0.5) is 16.2 Å². The highest BCUT2D eigenvalue weighted by Gasteiger charge is 2.25. The highest BCUT2D eigenvalue weighted by molar-refractivity contribution is 9.10. The number of carbonyl (C=O) groups excluding carboxylic acids is 1. The number of anilines is 2. The Morgan fingerprint density at radius 2 is 1.85 bits per heavy atom. The van der Waals surface area contributed by atoms with Crippen LogP contribution in [-0.4, -0.2) is 16.2 Å². The molecule has 1 saturated carbocycles. The van der Waals surface area contributed by atoms with Crippen LogP contribution in [-0.2, 0) is 0 Å². The maximum atomic E-state index is 12.1. The minimum Gasteiger partial charge on any atom is -0.339 e. The van der Waals surface area contributed by atoms with Gasteiger partial charge in [0.2, 0.25) is 11.7 Å². The minimum atomic E-state index is -0.303. The molecule has 1 fully saturated rings. The molecule has 26 heavy (non-hydrogen) atoms. The van der Waals surface area contributed by atoms with E-state index in [0.29, 0.717) is 23.1 Å². The molecule has 0 saturated heterocycles. The van der Waals surface area contributed by atoms with Crippen molar-refractivity contribution in [2.45, 2.75) is 25.2 Å². The van der Waals surface area contributed by atoms with E-state index in [1.807, 2.05) is 48.5 Å². The van der Waals surface area contributed by atoms with Crippen molar-refractivity contribution < 1.29 is 9.32 Å². The minimum absolute atomic E-state index is 0.303. The van der Waals surface area contributed by atoms with Crippen LogP contribution in [0.2, 0.25) is 0 Å². The summed E-state index contributed by atoms with van der Waals surface area (Å²) in [5.41, 5.74) is 2.25. The molecule has 2 aromatic carbocycles. The van der Waals surface area contributed by atoms with Crippen LogP contribution in [0, 0.1) is 0 Å². The first-order chi connectivity index (χ1) is 12.7. The van der Waals surface area contributed by atoms with Gasteiger partial charge in [-0.3, -0.25) is 0 Å². The number of hydrogen-bond acceptors (Lipinski definition) is 4. The molecule has 7 heteroatoms. The highest BCUT2D eigenvalue weighted by atomic mass is 79.9. The molecule has 6 nitrogen and oxygen atoms in total. The molecule has 2 amide bonds. The molecular formula is C19H17BrN4O2. The van der Waals surface area contributed by atoms with Crippen molar-refractivity contribution in [3.63, 3.8) is 0 Å². The third-order valence-electron chi connectivity index (χ3n) is 4.38. The van der Waals surface area contributed by atoms with Gasteiger partial charge in [0.1, 0.15) is 0 Å². The summed E-state index contributed by atoms with van der Waals surface area (Å²) in [4.78, 5) is 16.6. The van der Waals surface area contributed by atoms with Crippen LogP contribution >= 0.6 is 15.9 Å². The first-order valence-electron chi connectivity index (χ1n) is 8.45.